The van der Waals surface area contributed by atoms with Gasteiger partial charge >= 0.3 is 6.18 Å². The van der Waals surface area contributed by atoms with Gasteiger partial charge in [0.25, 0.3) is 5.56 Å². The molecule has 1 aromatic heterocycles. The maximum Gasteiger partial charge on any atom is 0.417 e. The number of carbonyl (C=O) groups excluding carboxylic acids is 1. The minimum absolute atomic E-state index is 0.518. The lowest BCUT2D eigenvalue weighted by Crippen LogP contribution is -2.31. The molecule has 128 valence electrons. The van der Waals surface area contributed by atoms with Gasteiger partial charge in [0.2, 0.25) is 5.91 Å². The molecule has 0 bridgehead atoms. The number of hydrogen-bond acceptors (Lipinski definition) is 2. The molecule has 1 aromatic carbocycles. The van der Waals surface area contributed by atoms with E-state index in [2.05, 4.69) is 5.32 Å². The first-order valence-corrected chi connectivity index (χ1v) is 7.41. The van der Waals surface area contributed by atoms with Crippen LogP contribution in [0.3, 0.4) is 0 Å². The highest BCUT2D eigenvalue weighted by molar-refractivity contribution is 5.93. The Labute approximate surface area is 136 Å². The number of carbonyl (C=O) groups is 1. The van der Waals surface area contributed by atoms with Crippen LogP contribution in [0.4, 0.5) is 18.9 Å². The van der Waals surface area contributed by atoms with E-state index in [9.17, 15) is 22.8 Å². The standard InChI is InChI=1S/C17H17F3N2O2/c1-3-12-4-7-14(8-5-12)21-16(24)11(2)22-10-13(17(18,19)20)6-9-15(22)23/h4-11H,3H2,1-2H3,(H,21,24)/t11-/m0/s1. The minimum atomic E-state index is -4.58. The zero-order valence-electron chi connectivity index (χ0n) is 13.2. The normalized spacial score (nSPS) is 12.7. The van der Waals surface area contributed by atoms with Gasteiger partial charge in [-0.15, -0.1) is 0 Å². The zero-order chi connectivity index (χ0) is 17.9. The van der Waals surface area contributed by atoms with Crippen molar-refractivity contribution in [3.63, 3.8) is 0 Å². The lowest BCUT2D eigenvalue weighted by atomic mass is 10.1. The monoisotopic (exact) mass is 338 g/mol. The van der Waals surface area contributed by atoms with Gasteiger partial charge in [-0.3, -0.25) is 9.59 Å². The number of pyridine rings is 1. The quantitative estimate of drug-likeness (QED) is 0.925. The lowest BCUT2D eigenvalue weighted by molar-refractivity contribution is -0.138. The Balaban J connectivity index is 2.22. The number of nitrogens with one attached hydrogen (secondary N) is 1. The van der Waals surface area contributed by atoms with Gasteiger partial charge in [-0.2, -0.15) is 13.2 Å². The highest BCUT2D eigenvalue weighted by Crippen LogP contribution is 2.28. The molecule has 0 aliphatic heterocycles. The molecule has 1 atom stereocenters. The number of hydrogen-bond donors (Lipinski definition) is 1. The molecule has 0 aliphatic rings. The molecule has 0 saturated carbocycles. The lowest BCUT2D eigenvalue weighted by Gasteiger charge is -2.17. The largest absolute Gasteiger partial charge is 0.417 e. The number of rotatable bonds is 4. The van der Waals surface area contributed by atoms with Crippen molar-refractivity contribution in [2.45, 2.75) is 32.5 Å². The molecule has 2 aromatic rings. The molecule has 0 spiro atoms. The molecule has 0 fully saturated rings. The molecule has 24 heavy (non-hydrogen) atoms. The van der Waals surface area contributed by atoms with E-state index in [1.165, 1.54) is 6.92 Å². The fraction of sp³-hybridized carbons (Fsp3) is 0.294. The van der Waals surface area contributed by atoms with Gasteiger partial charge in [-0.1, -0.05) is 19.1 Å². The van der Waals surface area contributed by atoms with E-state index >= 15 is 0 Å². The highest BCUT2D eigenvalue weighted by atomic mass is 19.4. The first-order chi connectivity index (χ1) is 11.2. The molecule has 0 saturated heterocycles. The van der Waals surface area contributed by atoms with Crippen LogP contribution >= 0.6 is 0 Å². The maximum atomic E-state index is 12.8. The third-order valence-electron chi connectivity index (χ3n) is 3.69. The topological polar surface area (TPSA) is 51.1 Å². The predicted molar refractivity (Wildman–Crippen MR) is 84.9 cm³/mol. The van der Waals surface area contributed by atoms with Crippen molar-refractivity contribution < 1.29 is 18.0 Å². The van der Waals surface area contributed by atoms with Crippen molar-refractivity contribution in [2.24, 2.45) is 0 Å². The Hall–Kier alpha value is -2.57. The first-order valence-electron chi connectivity index (χ1n) is 7.41. The number of nitrogens with zero attached hydrogens (tertiary/aromatic N) is 1. The van der Waals surface area contributed by atoms with E-state index in [0.29, 0.717) is 18.0 Å². The van der Waals surface area contributed by atoms with Crippen molar-refractivity contribution in [1.82, 2.24) is 4.57 Å². The molecule has 1 N–H and O–H groups in total. The second kappa shape index (κ2) is 6.90. The Morgan fingerprint density at radius 3 is 2.33 bits per heavy atom. The molecule has 0 aliphatic carbocycles. The zero-order valence-corrected chi connectivity index (χ0v) is 13.2. The van der Waals surface area contributed by atoms with Crippen molar-refractivity contribution in [3.05, 3.63) is 64.1 Å². The highest BCUT2D eigenvalue weighted by Gasteiger charge is 2.32. The number of aryl methyl sites for hydroxylation is 1. The van der Waals surface area contributed by atoms with E-state index in [0.717, 1.165) is 22.6 Å². The van der Waals surface area contributed by atoms with Crippen LogP contribution in [0.15, 0.2) is 47.4 Å². The number of amides is 1. The van der Waals surface area contributed by atoms with E-state index in [1.54, 1.807) is 12.1 Å². The van der Waals surface area contributed by atoms with Crippen LogP contribution in [0.1, 0.15) is 31.0 Å². The summed E-state index contributed by atoms with van der Waals surface area (Å²) < 4.78 is 39.1. The van der Waals surface area contributed by atoms with Crippen LogP contribution in [-0.2, 0) is 17.4 Å². The van der Waals surface area contributed by atoms with E-state index < -0.39 is 29.2 Å². The van der Waals surface area contributed by atoms with Crippen LogP contribution in [0.2, 0.25) is 0 Å². The van der Waals surface area contributed by atoms with Crippen molar-refractivity contribution in [3.8, 4) is 0 Å². The second-order valence-corrected chi connectivity index (χ2v) is 5.38. The summed E-state index contributed by atoms with van der Waals surface area (Å²) in [5.41, 5.74) is -0.0414. The summed E-state index contributed by atoms with van der Waals surface area (Å²) in [5, 5.41) is 2.60. The molecule has 2 rings (SSSR count). The summed E-state index contributed by atoms with van der Waals surface area (Å²) in [6.07, 6.45) is -3.07. The van der Waals surface area contributed by atoms with Crippen LogP contribution in [0, 0.1) is 0 Å². The van der Waals surface area contributed by atoms with Crippen molar-refractivity contribution in [1.29, 1.82) is 0 Å². The van der Waals surface area contributed by atoms with Crippen molar-refractivity contribution in [2.75, 3.05) is 5.32 Å². The van der Waals surface area contributed by atoms with Crippen LogP contribution in [-0.4, -0.2) is 10.5 Å². The fourth-order valence-corrected chi connectivity index (χ4v) is 2.17. The van der Waals surface area contributed by atoms with Crippen LogP contribution < -0.4 is 10.9 Å². The number of halogens is 3. The summed E-state index contributed by atoms with van der Waals surface area (Å²) in [7, 11) is 0. The summed E-state index contributed by atoms with van der Waals surface area (Å²) >= 11 is 0. The third-order valence-corrected chi connectivity index (χ3v) is 3.69. The second-order valence-electron chi connectivity index (χ2n) is 5.38. The van der Waals surface area contributed by atoms with Gasteiger partial charge in [0, 0.05) is 18.0 Å². The number of alkyl halides is 3. The Morgan fingerprint density at radius 2 is 1.79 bits per heavy atom. The van der Waals surface area contributed by atoms with E-state index in [4.69, 9.17) is 0 Å². The van der Waals surface area contributed by atoms with Gasteiger partial charge in [0.15, 0.2) is 0 Å². The molecule has 7 heteroatoms. The van der Waals surface area contributed by atoms with Gasteiger partial charge in [0.05, 0.1) is 5.56 Å². The predicted octanol–water partition coefficient (Wildman–Crippen LogP) is 3.63. The molecular formula is C17H17F3N2O2. The van der Waals surface area contributed by atoms with Gasteiger partial charge in [-0.25, -0.2) is 0 Å². The Kier molecular flexibility index (Phi) is 5.11. The van der Waals surface area contributed by atoms with Gasteiger partial charge in [0.1, 0.15) is 6.04 Å². The molecule has 0 unspecified atom stereocenters. The summed E-state index contributed by atoms with van der Waals surface area (Å²) in [5.74, 6) is -0.569. The molecule has 0 radical (unpaired) electrons. The Bertz CT molecular complexity index is 780. The number of anilines is 1. The third kappa shape index (κ3) is 4.04. The summed E-state index contributed by atoms with van der Waals surface area (Å²) in [6.45, 7) is 3.37. The molecule has 1 amide bonds. The number of benzene rings is 1. The van der Waals surface area contributed by atoms with Crippen molar-refractivity contribution >= 4 is 11.6 Å². The maximum absolute atomic E-state index is 12.8. The van der Waals surface area contributed by atoms with Gasteiger partial charge in [-0.05, 0) is 37.1 Å². The average molecular weight is 338 g/mol. The van der Waals surface area contributed by atoms with Gasteiger partial charge < -0.3 is 9.88 Å². The SMILES string of the molecule is CCc1ccc(NC(=O)[C@H](C)n2cc(C(F)(F)F)ccc2=O)cc1. The Morgan fingerprint density at radius 1 is 1.17 bits per heavy atom. The minimum Gasteiger partial charge on any atom is -0.324 e. The van der Waals surface area contributed by atoms with Crippen LogP contribution in [0.5, 0.6) is 0 Å². The fourth-order valence-electron chi connectivity index (χ4n) is 2.17. The first kappa shape index (κ1) is 17.8. The molecule has 4 nitrogen and oxygen atoms in total. The molecular weight excluding hydrogens is 321 g/mol. The van der Waals surface area contributed by atoms with Crippen LogP contribution in [0.25, 0.3) is 0 Å². The summed E-state index contributed by atoms with van der Waals surface area (Å²) in [6, 6.07) is 7.53. The van der Waals surface area contributed by atoms with E-state index in [1.807, 2.05) is 19.1 Å². The molecule has 1 heterocycles. The smallest absolute Gasteiger partial charge is 0.324 e. The average Bonchev–Trinajstić information content (AvgIpc) is 2.54. The van der Waals surface area contributed by atoms with E-state index in [-0.39, 0.29) is 0 Å². The summed E-state index contributed by atoms with van der Waals surface area (Å²) in [4.78, 5) is 24.0. The number of aromatic nitrogens is 1.